The summed E-state index contributed by atoms with van der Waals surface area (Å²) in [6.45, 7) is 8.86. The fraction of sp³-hybridized carbons (Fsp3) is 0.556. The summed E-state index contributed by atoms with van der Waals surface area (Å²) in [5.74, 6) is 1.14. The molecule has 0 spiro atoms. The Morgan fingerprint density at radius 1 is 0.837 bits per heavy atom. The van der Waals surface area contributed by atoms with Crippen LogP contribution in [0.4, 0.5) is 0 Å². The maximum Gasteiger partial charge on any atom is 0.338 e. The molecule has 0 bridgehead atoms. The number of carbonyl (C=O) groups is 2. The van der Waals surface area contributed by atoms with Gasteiger partial charge in [-0.15, -0.1) is 0 Å². The van der Waals surface area contributed by atoms with Crippen LogP contribution in [0.1, 0.15) is 80.3 Å². The molecule has 1 unspecified atom stereocenters. The van der Waals surface area contributed by atoms with E-state index >= 15 is 0 Å². The van der Waals surface area contributed by atoms with Gasteiger partial charge in [-0.1, -0.05) is 48.9 Å². The fourth-order valence-corrected chi connectivity index (χ4v) is 4.90. The van der Waals surface area contributed by atoms with Crippen LogP contribution in [0.2, 0.25) is 0 Å². The number of hydrogen-bond donors (Lipinski definition) is 0. The van der Waals surface area contributed by atoms with E-state index in [4.69, 9.17) is 18.9 Å². The summed E-state index contributed by atoms with van der Waals surface area (Å²) < 4.78 is 21.8. The van der Waals surface area contributed by atoms with Crippen molar-refractivity contribution in [2.75, 3.05) is 60.3 Å². The molecule has 0 saturated heterocycles. The number of hydrogen-bond acceptors (Lipinski definition) is 7. The second-order valence-corrected chi connectivity index (χ2v) is 11.0. The van der Waals surface area contributed by atoms with Crippen LogP contribution >= 0.6 is 0 Å². The number of methoxy groups -OCH3 is 2. The Morgan fingerprint density at radius 2 is 1.56 bits per heavy atom. The molecule has 2 aromatic carbocycles. The van der Waals surface area contributed by atoms with Gasteiger partial charge < -0.3 is 23.7 Å². The van der Waals surface area contributed by atoms with Crippen molar-refractivity contribution in [1.29, 1.82) is 0 Å². The van der Waals surface area contributed by atoms with Gasteiger partial charge in [0, 0.05) is 39.3 Å². The summed E-state index contributed by atoms with van der Waals surface area (Å²) >= 11 is 0. The van der Waals surface area contributed by atoms with Crippen LogP contribution in [-0.4, -0.2) is 76.9 Å². The van der Waals surface area contributed by atoms with Gasteiger partial charge in [0.2, 0.25) is 0 Å². The molecular weight excluding hydrogens is 542 g/mol. The Morgan fingerprint density at radius 3 is 2.23 bits per heavy atom. The molecule has 0 saturated carbocycles. The van der Waals surface area contributed by atoms with Crippen molar-refractivity contribution in [3.63, 3.8) is 0 Å². The fourth-order valence-electron chi connectivity index (χ4n) is 4.90. The molecule has 0 aliphatic rings. The van der Waals surface area contributed by atoms with Crippen molar-refractivity contribution in [1.82, 2.24) is 4.90 Å². The minimum atomic E-state index is -0.294. The summed E-state index contributed by atoms with van der Waals surface area (Å²) in [6.07, 6.45) is 12.0. The van der Waals surface area contributed by atoms with E-state index in [2.05, 4.69) is 23.1 Å². The number of carbonyl (C=O) groups excluding carboxylic acids is 2. The summed E-state index contributed by atoms with van der Waals surface area (Å²) in [7, 11) is 3.48. The smallest absolute Gasteiger partial charge is 0.338 e. The third-order valence-electron chi connectivity index (χ3n) is 7.38. The number of esters is 1. The molecule has 1 atom stereocenters. The molecular formula is C36H53NO6. The van der Waals surface area contributed by atoms with Crippen LogP contribution < -0.4 is 4.74 Å². The van der Waals surface area contributed by atoms with Gasteiger partial charge in [0.05, 0.1) is 32.0 Å². The lowest BCUT2D eigenvalue weighted by molar-refractivity contribution is -0.117. The first-order chi connectivity index (χ1) is 21.0. The first-order valence-electron chi connectivity index (χ1n) is 15.8. The van der Waals surface area contributed by atoms with E-state index in [1.807, 2.05) is 49.4 Å². The van der Waals surface area contributed by atoms with E-state index in [-0.39, 0.29) is 11.8 Å². The van der Waals surface area contributed by atoms with Crippen LogP contribution in [0.15, 0.2) is 54.6 Å². The number of ketones is 1. The van der Waals surface area contributed by atoms with Crippen molar-refractivity contribution in [2.45, 2.75) is 65.2 Å². The lowest BCUT2D eigenvalue weighted by Gasteiger charge is -2.21. The number of nitrogens with zero attached hydrogens (tertiary/aromatic N) is 1. The number of Topliss-reactive ketones (excluding diaryl/α,β-unsaturated/α-hetero) is 1. The second-order valence-electron chi connectivity index (χ2n) is 11.0. The first kappa shape index (κ1) is 36.2. The number of allylic oxidation sites excluding steroid dienone is 1. The van der Waals surface area contributed by atoms with Gasteiger partial charge in [-0.3, -0.25) is 4.90 Å². The average Bonchev–Trinajstić information content (AvgIpc) is 3.01. The van der Waals surface area contributed by atoms with Crippen molar-refractivity contribution in [3.05, 3.63) is 71.3 Å². The van der Waals surface area contributed by atoms with E-state index in [9.17, 15) is 9.59 Å². The zero-order valence-corrected chi connectivity index (χ0v) is 26.9. The topological polar surface area (TPSA) is 74.3 Å². The highest BCUT2D eigenvalue weighted by atomic mass is 16.5. The molecule has 0 radical (unpaired) electrons. The number of ether oxygens (including phenoxy) is 4. The summed E-state index contributed by atoms with van der Waals surface area (Å²) in [4.78, 5) is 25.9. The summed E-state index contributed by atoms with van der Waals surface area (Å²) in [5, 5.41) is 0. The zero-order chi connectivity index (χ0) is 31.1. The minimum absolute atomic E-state index is 0.238. The number of benzene rings is 2. The largest absolute Gasteiger partial charge is 0.493 e. The number of rotatable bonds is 24. The Balaban J connectivity index is 1.95. The Labute approximate surface area is 259 Å². The van der Waals surface area contributed by atoms with Crippen molar-refractivity contribution in [2.24, 2.45) is 5.92 Å². The quantitative estimate of drug-likeness (QED) is 0.0953. The molecule has 0 aromatic heterocycles. The van der Waals surface area contributed by atoms with Gasteiger partial charge in [-0.05, 0) is 88.6 Å². The molecule has 2 aromatic rings. The normalized spacial score (nSPS) is 12.1. The van der Waals surface area contributed by atoms with E-state index in [0.29, 0.717) is 31.1 Å². The van der Waals surface area contributed by atoms with Gasteiger partial charge >= 0.3 is 5.97 Å². The highest BCUT2D eigenvalue weighted by Crippen LogP contribution is 2.24. The Kier molecular flexibility index (Phi) is 19.0. The lowest BCUT2D eigenvalue weighted by Crippen LogP contribution is -2.31. The molecule has 7 nitrogen and oxygen atoms in total. The van der Waals surface area contributed by atoms with E-state index in [1.54, 1.807) is 21.1 Å². The maximum absolute atomic E-state index is 12.0. The van der Waals surface area contributed by atoms with Crippen molar-refractivity contribution < 1.29 is 28.5 Å². The van der Waals surface area contributed by atoms with Crippen molar-refractivity contribution in [3.8, 4) is 5.75 Å². The van der Waals surface area contributed by atoms with Gasteiger partial charge in [0.15, 0.2) is 0 Å². The highest BCUT2D eigenvalue weighted by molar-refractivity contribution is 5.89. The van der Waals surface area contributed by atoms with Crippen LogP contribution in [0.5, 0.6) is 5.75 Å². The monoisotopic (exact) mass is 595 g/mol. The Hall–Kier alpha value is -3.00. The first-order valence-corrected chi connectivity index (χ1v) is 15.8. The molecule has 238 valence electrons. The third kappa shape index (κ3) is 15.9. The maximum atomic E-state index is 12.0. The lowest BCUT2D eigenvalue weighted by atomic mass is 9.92. The molecule has 0 amide bonds. The Bertz CT molecular complexity index is 1060. The molecule has 0 aliphatic carbocycles. The van der Waals surface area contributed by atoms with Crippen molar-refractivity contribution >= 4 is 17.8 Å². The second kappa shape index (κ2) is 22.5. The van der Waals surface area contributed by atoms with Gasteiger partial charge in [0.1, 0.15) is 11.5 Å². The van der Waals surface area contributed by atoms with Gasteiger partial charge in [-0.2, -0.15) is 0 Å². The third-order valence-corrected chi connectivity index (χ3v) is 7.38. The van der Waals surface area contributed by atoms with E-state index in [1.165, 1.54) is 5.56 Å². The van der Waals surface area contributed by atoms with E-state index in [0.717, 1.165) is 89.1 Å². The molecule has 7 heteroatoms. The van der Waals surface area contributed by atoms with E-state index < -0.39 is 0 Å². The average molecular weight is 596 g/mol. The molecule has 2 rings (SSSR count). The molecule has 43 heavy (non-hydrogen) atoms. The predicted octanol–water partition coefficient (Wildman–Crippen LogP) is 7.03. The SMILES string of the molecule is CCOC(=O)c1ccc(CC(/C=C/c2ccccc2OCCCCCN(CCOC)CCOC)CCCCC(C)=O)cc1. The molecule has 0 heterocycles. The zero-order valence-electron chi connectivity index (χ0n) is 26.9. The number of para-hydroxylation sites is 1. The molecule has 0 aliphatic heterocycles. The summed E-state index contributed by atoms with van der Waals surface area (Å²) in [5.41, 5.74) is 2.81. The van der Waals surface area contributed by atoms with Gasteiger partial charge in [0.25, 0.3) is 0 Å². The molecule has 0 fully saturated rings. The number of unbranched alkanes of at least 4 members (excludes halogenated alkanes) is 3. The van der Waals surface area contributed by atoms with Crippen LogP contribution in [-0.2, 0) is 25.4 Å². The highest BCUT2D eigenvalue weighted by Gasteiger charge is 2.11. The van der Waals surface area contributed by atoms with Crippen LogP contribution in [0.25, 0.3) is 6.08 Å². The predicted molar refractivity (Wildman–Crippen MR) is 174 cm³/mol. The standard InChI is InChI=1S/C36H53NO6/c1-5-42-36(39)34-21-18-32(19-22-34)29-31(14-8-7-13-30(2)38)17-20-33-15-9-10-16-35(33)43-26-12-6-11-23-37(24-27-40-3)25-28-41-4/h9-10,15-22,31H,5-8,11-14,23-29H2,1-4H3/b20-17+. The van der Waals surface area contributed by atoms with Gasteiger partial charge in [-0.25, -0.2) is 4.79 Å². The molecule has 0 N–H and O–H groups in total. The summed E-state index contributed by atoms with van der Waals surface area (Å²) in [6, 6.07) is 15.9. The van der Waals surface area contributed by atoms with Crippen LogP contribution in [0, 0.1) is 5.92 Å². The minimum Gasteiger partial charge on any atom is -0.493 e. The van der Waals surface area contributed by atoms with Crippen LogP contribution in [0.3, 0.4) is 0 Å².